The van der Waals surface area contributed by atoms with Crippen molar-refractivity contribution in [1.82, 2.24) is 5.43 Å². The molecule has 3 rings (SSSR count). The number of nitrogens with zero attached hydrogens (tertiary/aromatic N) is 3. The van der Waals surface area contributed by atoms with E-state index >= 15 is 0 Å². The van der Waals surface area contributed by atoms with E-state index < -0.39 is 27.4 Å². The number of hydrazone groups is 1. The van der Waals surface area contributed by atoms with Gasteiger partial charge in [0.2, 0.25) is 0 Å². The number of hydrogen-bond acceptors (Lipinski definition) is 8. The molecule has 0 saturated heterocycles. The fourth-order valence-electron chi connectivity index (χ4n) is 2.96. The van der Waals surface area contributed by atoms with Crippen molar-refractivity contribution >= 4 is 49.4 Å². The molecule has 2 N–H and O–H groups in total. The van der Waals surface area contributed by atoms with E-state index in [1.807, 2.05) is 0 Å². The molecule has 13 heteroatoms. The second-order valence-corrected chi connectivity index (χ2v) is 9.67. The zero-order valence-electron chi connectivity index (χ0n) is 18.2. The van der Waals surface area contributed by atoms with Crippen molar-refractivity contribution in [2.45, 2.75) is 4.90 Å². The van der Waals surface area contributed by atoms with E-state index in [0.29, 0.717) is 10.0 Å². The number of nitro groups is 1. The average Bonchev–Trinajstić information content (AvgIpc) is 2.85. The first-order valence-corrected chi connectivity index (χ1v) is 12.1. The van der Waals surface area contributed by atoms with Crippen LogP contribution in [0.4, 0.5) is 11.4 Å². The van der Waals surface area contributed by atoms with Crippen molar-refractivity contribution in [1.29, 1.82) is 0 Å². The fourth-order valence-corrected chi connectivity index (χ4v) is 4.86. The number of aromatic hydroxyl groups is 1. The summed E-state index contributed by atoms with van der Waals surface area (Å²) in [6.07, 6.45) is 1.27. The first kappa shape index (κ1) is 25.6. The Morgan fingerprint density at radius 3 is 2.57 bits per heavy atom. The average molecular weight is 563 g/mol. The van der Waals surface area contributed by atoms with Crippen LogP contribution in [-0.2, 0) is 14.8 Å². The Bertz CT molecular complexity index is 1380. The lowest BCUT2D eigenvalue weighted by atomic mass is 10.2. The van der Waals surface area contributed by atoms with E-state index in [1.54, 1.807) is 6.07 Å². The Hall–Kier alpha value is -3.97. The quantitative estimate of drug-likeness (QED) is 0.230. The van der Waals surface area contributed by atoms with Gasteiger partial charge < -0.3 is 9.84 Å². The Balaban J connectivity index is 1.87. The number of anilines is 1. The zero-order chi connectivity index (χ0) is 25.6. The molecule has 0 radical (unpaired) electrons. The van der Waals surface area contributed by atoms with Gasteiger partial charge in [0.1, 0.15) is 6.54 Å². The highest BCUT2D eigenvalue weighted by Gasteiger charge is 2.28. The number of methoxy groups -OCH3 is 1. The molecule has 11 nitrogen and oxygen atoms in total. The van der Waals surface area contributed by atoms with Gasteiger partial charge in [-0.2, -0.15) is 5.10 Å². The molecule has 0 aromatic heterocycles. The predicted molar refractivity (Wildman–Crippen MR) is 132 cm³/mol. The number of ether oxygens (including phenoxy) is 1. The number of phenolic OH excluding ortho intramolecular Hbond substituents is 1. The van der Waals surface area contributed by atoms with E-state index in [2.05, 4.69) is 26.5 Å². The number of benzene rings is 3. The van der Waals surface area contributed by atoms with E-state index in [9.17, 15) is 28.4 Å². The SMILES string of the molecule is COc1cc(/C=N\NC(=O)CN(c2cccc([N+](=O)[O-])c2)S(=O)(=O)c2ccccc2)cc(Br)c1O. The summed E-state index contributed by atoms with van der Waals surface area (Å²) in [7, 11) is -2.87. The smallest absolute Gasteiger partial charge is 0.271 e. The van der Waals surface area contributed by atoms with Crippen molar-refractivity contribution in [3.8, 4) is 11.5 Å². The number of carbonyl (C=O) groups excluding carboxylic acids is 1. The third-order valence-corrected chi connectivity index (χ3v) is 7.01. The molecular weight excluding hydrogens is 544 g/mol. The summed E-state index contributed by atoms with van der Waals surface area (Å²) in [5.74, 6) is -0.720. The van der Waals surface area contributed by atoms with Crippen LogP contribution in [0, 0.1) is 10.1 Å². The number of sulfonamides is 1. The van der Waals surface area contributed by atoms with Gasteiger partial charge in [-0.25, -0.2) is 13.8 Å². The summed E-state index contributed by atoms with van der Waals surface area (Å²) in [6, 6.07) is 15.3. The fraction of sp³-hybridized carbons (Fsp3) is 0.0909. The van der Waals surface area contributed by atoms with Crippen molar-refractivity contribution in [2.24, 2.45) is 5.10 Å². The highest BCUT2D eigenvalue weighted by atomic mass is 79.9. The van der Waals surface area contributed by atoms with Crippen molar-refractivity contribution in [3.63, 3.8) is 0 Å². The van der Waals surface area contributed by atoms with Crippen LogP contribution in [-0.4, -0.2) is 44.2 Å². The Morgan fingerprint density at radius 1 is 1.20 bits per heavy atom. The first-order valence-electron chi connectivity index (χ1n) is 9.84. The Kier molecular flexibility index (Phi) is 8.04. The van der Waals surface area contributed by atoms with Gasteiger partial charge in [0.15, 0.2) is 11.5 Å². The van der Waals surface area contributed by atoms with Crippen molar-refractivity contribution < 1.29 is 28.0 Å². The molecule has 182 valence electrons. The molecule has 0 saturated carbocycles. The van der Waals surface area contributed by atoms with E-state index in [-0.39, 0.29) is 27.8 Å². The van der Waals surface area contributed by atoms with Crippen LogP contribution >= 0.6 is 15.9 Å². The van der Waals surface area contributed by atoms with Gasteiger partial charge in [0, 0.05) is 12.1 Å². The summed E-state index contributed by atoms with van der Waals surface area (Å²) >= 11 is 3.18. The molecule has 0 unspecified atom stereocenters. The third kappa shape index (κ3) is 6.13. The second-order valence-electron chi connectivity index (χ2n) is 6.95. The molecular formula is C22H19BrN4O7S. The molecule has 3 aromatic carbocycles. The van der Waals surface area contributed by atoms with Gasteiger partial charge in [-0.05, 0) is 51.8 Å². The molecule has 0 fully saturated rings. The maximum Gasteiger partial charge on any atom is 0.271 e. The van der Waals surface area contributed by atoms with Gasteiger partial charge in [-0.15, -0.1) is 0 Å². The maximum atomic E-state index is 13.3. The molecule has 0 aliphatic heterocycles. The summed E-state index contributed by atoms with van der Waals surface area (Å²) in [5.41, 5.74) is 2.31. The summed E-state index contributed by atoms with van der Waals surface area (Å²) in [4.78, 5) is 23.1. The Morgan fingerprint density at radius 2 is 1.91 bits per heavy atom. The van der Waals surface area contributed by atoms with E-state index in [1.165, 1.54) is 67.9 Å². The summed E-state index contributed by atoms with van der Waals surface area (Å²) in [5, 5.41) is 24.9. The number of halogens is 1. The van der Waals surface area contributed by atoms with Gasteiger partial charge in [0.05, 0.1) is 33.3 Å². The first-order chi connectivity index (χ1) is 16.6. The number of carbonyl (C=O) groups is 1. The van der Waals surface area contributed by atoms with Crippen LogP contribution in [0.15, 0.2) is 81.2 Å². The molecule has 1 amide bonds. The lowest BCUT2D eigenvalue weighted by Gasteiger charge is -2.23. The molecule has 0 spiro atoms. The maximum absolute atomic E-state index is 13.3. The minimum absolute atomic E-state index is 0.0608. The highest BCUT2D eigenvalue weighted by Crippen LogP contribution is 2.34. The molecule has 0 atom stereocenters. The van der Waals surface area contributed by atoms with Crippen LogP contribution in [0.5, 0.6) is 11.5 Å². The van der Waals surface area contributed by atoms with Crippen molar-refractivity contribution in [3.05, 3.63) is 86.9 Å². The zero-order valence-corrected chi connectivity index (χ0v) is 20.6. The Labute approximate surface area is 209 Å². The lowest BCUT2D eigenvalue weighted by molar-refractivity contribution is -0.384. The lowest BCUT2D eigenvalue weighted by Crippen LogP contribution is -2.39. The number of rotatable bonds is 9. The van der Waals surface area contributed by atoms with Crippen LogP contribution in [0.25, 0.3) is 0 Å². The monoisotopic (exact) mass is 562 g/mol. The number of amides is 1. The van der Waals surface area contributed by atoms with Crippen LogP contribution in [0.1, 0.15) is 5.56 Å². The van der Waals surface area contributed by atoms with Crippen LogP contribution in [0.2, 0.25) is 0 Å². The van der Waals surface area contributed by atoms with Crippen LogP contribution in [0.3, 0.4) is 0 Å². The van der Waals surface area contributed by atoms with Gasteiger partial charge in [-0.1, -0.05) is 24.3 Å². The van der Waals surface area contributed by atoms with Gasteiger partial charge >= 0.3 is 0 Å². The summed E-state index contributed by atoms with van der Waals surface area (Å²) in [6.45, 7) is -0.696. The predicted octanol–water partition coefficient (Wildman–Crippen LogP) is 3.42. The molecule has 3 aromatic rings. The minimum atomic E-state index is -4.24. The third-order valence-electron chi connectivity index (χ3n) is 4.62. The number of non-ortho nitro benzene ring substituents is 1. The topological polar surface area (TPSA) is 151 Å². The second kappa shape index (κ2) is 11.0. The normalized spacial score (nSPS) is 11.3. The standard InChI is InChI=1S/C22H19BrN4O7S/c1-34-20-11-15(10-19(23)22(20)29)13-24-25-21(28)14-26(16-6-5-7-17(12-16)27(30)31)35(32,33)18-8-3-2-4-9-18/h2-13,29H,14H2,1H3,(H,25,28)/b24-13-. The largest absolute Gasteiger partial charge is 0.503 e. The van der Waals surface area contributed by atoms with Crippen LogP contribution < -0.4 is 14.5 Å². The molecule has 0 heterocycles. The summed E-state index contributed by atoms with van der Waals surface area (Å²) < 4.78 is 32.7. The van der Waals surface area contributed by atoms with Gasteiger partial charge in [0.25, 0.3) is 21.6 Å². The van der Waals surface area contributed by atoms with Crippen molar-refractivity contribution in [2.75, 3.05) is 18.0 Å². The minimum Gasteiger partial charge on any atom is -0.503 e. The molecule has 0 aliphatic rings. The molecule has 0 bridgehead atoms. The number of hydrogen-bond donors (Lipinski definition) is 2. The number of phenols is 1. The number of nitrogens with one attached hydrogen (secondary N) is 1. The van der Waals surface area contributed by atoms with E-state index in [0.717, 1.165) is 10.4 Å². The molecule has 0 aliphatic carbocycles. The van der Waals surface area contributed by atoms with Gasteiger partial charge in [-0.3, -0.25) is 19.2 Å². The highest BCUT2D eigenvalue weighted by molar-refractivity contribution is 9.10. The molecule has 35 heavy (non-hydrogen) atoms. The van der Waals surface area contributed by atoms with E-state index in [4.69, 9.17) is 4.74 Å². The number of nitro benzene ring substituents is 1.